The zero-order chi connectivity index (χ0) is 14.7. The van der Waals surface area contributed by atoms with Gasteiger partial charge in [0, 0.05) is 19.2 Å². The van der Waals surface area contributed by atoms with Crippen molar-refractivity contribution < 1.29 is 14.3 Å². The number of carbonyl (C=O) groups is 1. The second-order valence-electron chi connectivity index (χ2n) is 4.53. The number of carboxylic acids is 1. The minimum Gasteiger partial charge on any atom is -0.478 e. The van der Waals surface area contributed by atoms with Crippen molar-refractivity contribution in [2.24, 2.45) is 0 Å². The zero-order valence-electron chi connectivity index (χ0n) is 11.0. The van der Waals surface area contributed by atoms with Crippen molar-refractivity contribution in [2.75, 3.05) is 17.7 Å². The molecule has 0 unspecified atom stereocenters. The number of aromatic carboxylic acids is 1. The van der Waals surface area contributed by atoms with Crippen LogP contribution in [0.1, 0.15) is 15.9 Å². The molecule has 0 radical (unpaired) electrons. The van der Waals surface area contributed by atoms with Gasteiger partial charge in [0.15, 0.2) is 0 Å². The van der Waals surface area contributed by atoms with Gasteiger partial charge < -0.3 is 15.7 Å². The van der Waals surface area contributed by atoms with Crippen LogP contribution in [0.25, 0.3) is 0 Å². The number of nitrogens with two attached hydrogens (primary N) is 1. The molecule has 0 aromatic heterocycles. The monoisotopic (exact) mass is 274 g/mol. The first-order valence-electron chi connectivity index (χ1n) is 6.06. The zero-order valence-corrected chi connectivity index (χ0v) is 11.0. The first-order chi connectivity index (χ1) is 9.49. The highest BCUT2D eigenvalue weighted by Gasteiger charge is 2.11. The van der Waals surface area contributed by atoms with Gasteiger partial charge in [-0.1, -0.05) is 18.2 Å². The van der Waals surface area contributed by atoms with Crippen molar-refractivity contribution in [3.05, 3.63) is 59.4 Å². The molecule has 0 aliphatic heterocycles. The van der Waals surface area contributed by atoms with E-state index in [2.05, 4.69) is 0 Å². The molecule has 2 aromatic rings. The fourth-order valence-corrected chi connectivity index (χ4v) is 2.00. The minimum atomic E-state index is -1.03. The molecule has 0 amide bonds. The SMILES string of the molecule is CN(Cc1ccccc1F)c1ccc(C(=O)O)cc1N. The number of nitrogens with zero attached hydrogens (tertiary/aromatic N) is 1. The van der Waals surface area contributed by atoms with Crippen molar-refractivity contribution in [2.45, 2.75) is 6.54 Å². The maximum Gasteiger partial charge on any atom is 0.335 e. The third kappa shape index (κ3) is 2.88. The lowest BCUT2D eigenvalue weighted by Crippen LogP contribution is -2.18. The fourth-order valence-electron chi connectivity index (χ4n) is 2.00. The average molecular weight is 274 g/mol. The Morgan fingerprint density at radius 2 is 2.00 bits per heavy atom. The van der Waals surface area contributed by atoms with Crippen molar-refractivity contribution >= 4 is 17.3 Å². The number of carboxylic acid groups (broad SMARTS) is 1. The Bertz CT molecular complexity index is 644. The summed E-state index contributed by atoms with van der Waals surface area (Å²) in [5.41, 5.74) is 7.55. The van der Waals surface area contributed by atoms with E-state index >= 15 is 0 Å². The first kappa shape index (κ1) is 13.9. The maximum atomic E-state index is 13.6. The van der Waals surface area contributed by atoms with Crippen molar-refractivity contribution in [1.82, 2.24) is 0 Å². The predicted octanol–water partition coefficient (Wildman–Crippen LogP) is 2.74. The molecule has 0 saturated carbocycles. The van der Waals surface area contributed by atoms with Crippen LogP contribution in [-0.4, -0.2) is 18.1 Å². The lowest BCUT2D eigenvalue weighted by molar-refractivity contribution is 0.0697. The molecule has 0 fully saturated rings. The number of halogens is 1. The van der Waals surface area contributed by atoms with Gasteiger partial charge in [-0.3, -0.25) is 0 Å². The number of hydrogen-bond acceptors (Lipinski definition) is 3. The summed E-state index contributed by atoms with van der Waals surface area (Å²) >= 11 is 0. The summed E-state index contributed by atoms with van der Waals surface area (Å²) in [5.74, 6) is -1.31. The van der Waals surface area contributed by atoms with E-state index in [1.54, 1.807) is 36.2 Å². The van der Waals surface area contributed by atoms with Crippen molar-refractivity contribution in [3.63, 3.8) is 0 Å². The molecule has 0 aliphatic carbocycles. The van der Waals surface area contributed by atoms with Gasteiger partial charge in [0.2, 0.25) is 0 Å². The van der Waals surface area contributed by atoms with E-state index in [1.165, 1.54) is 18.2 Å². The van der Waals surface area contributed by atoms with E-state index in [0.717, 1.165) is 0 Å². The molecule has 0 aliphatic rings. The van der Waals surface area contributed by atoms with Crippen LogP contribution in [0.5, 0.6) is 0 Å². The van der Waals surface area contributed by atoms with Gasteiger partial charge in [-0.25, -0.2) is 9.18 Å². The summed E-state index contributed by atoms with van der Waals surface area (Å²) in [5, 5.41) is 8.89. The fraction of sp³-hybridized carbons (Fsp3) is 0.133. The van der Waals surface area contributed by atoms with Crippen molar-refractivity contribution in [1.29, 1.82) is 0 Å². The van der Waals surface area contributed by atoms with Crippen LogP contribution < -0.4 is 10.6 Å². The molecule has 3 N–H and O–H groups in total. The average Bonchev–Trinajstić information content (AvgIpc) is 2.41. The molecule has 20 heavy (non-hydrogen) atoms. The summed E-state index contributed by atoms with van der Waals surface area (Å²) in [6.45, 7) is 0.350. The Hall–Kier alpha value is -2.56. The third-order valence-electron chi connectivity index (χ3n) is 3.05. The van der Waals surface area contributed by atoms with Crippen LogP contribution in [0.15, 0.2) is 42.5 Å². The summed E-state index contributed by atoms with van der Waals surface area (Å²) < 4.78 is 13.6. The molecule has 0 atom stereocenters. The highest BCUT2D eigenvalue weighted by Crippen LogP contribution is 2.25. The molecule has 0 bridgehead atoms. The van der Waals surface area contributed by atoms with Crippen LogP contribution in [0.3, 0.4) is 0 Å². The second-order valence-corrected chi connectivity index (χ2v) is 4.53. The second kappa shape index (κ2) is 5.61. The Morgan fingerprint density at radius 1 is 1.30 bits per heavy atom. The number of benzene rings is 2. The van der Waals surface area contributed by atoms with Gasteiger partial charge in [-0.15, -0.1) is 0 Å². The Morgan fingerprint density at radius 3 is 2.60 bits per heavy atom. The van der Waals surface area contributed by atoms with E-state index < -0.39 is 5.97 Å². The number of rotatable bonds is 4. The van der Waals surface area contributed by atoms with Gasteiger partial charge in [0.25, 0.3) is 0 Å². The first-order valence-corrected chi connectivity index (χ1v) is 6.06. The number of anilines is 2. The standard InChI is InChI=1S/C15H15FN2O2/c1-18(9-11-4-2-3-5-12(11)16)14-7-6-10(15(19)20)8-13(14)17/h2-8H,9,17H2,1H3,(H,19,20). The topological polar surface area (TPSA) is 66.6 Å². The highest BCUT2D eigenvalue weighted by molar-refractivity contribution is 5.90. The smallest absolute Gasteiger partial charge is 0.335 e. The summed E-state index contributed by atoms with van der Waals surface area (Å²) in [4.78, 5) is 12.6. The molecule has 2 rings (SSSR count). The quantitative estimate of drug-likeness (QED) is 0.841. The molecule has 104 valence electrons. The molecule has 0 saturated heterocycles. The van der Waals surface area contributed by atoms with Gasteiger partial charge in [-0.2, -0.15) is 0 Å². The summed E-state index contributed by atoms with van der Waals surface area (Å²) in [6.07, 6.45) is 0. The van der Waals surface area contributed by atoms with Crippen LogP contribution in [0, 0.1) is 5.82 Å². The molecular formula is C15H15FN2O2. The summed E-state index contributed by atoms with van der Waals surface area (Å²) in [7, 11) is 1.78. The molecule has 4 nitrogen and oxygen atoms in total. The van der Waals surface area contributed by atoms with Gasteiger partial charge >= 0.3 is 5.97 Å². The molecule has 0 spiro atoms. The van der Waals surface area contributed by atoms with Gasteiger partial charge in [-0.05, 0) is 24.3 Å². The molecular weight excluding hydrogens is 259 g/mol. The van der Waals surface area contributed by atoms with Crippen molar-refractivity contribution in [3.8, 4) is 0 Å². The normalized spacial score (nSPS) is 10.3. The van der Waals surface area contributed by atoms with E-state index in [0.29, 0.717) is 23.5 Å². The maximum absolute atomic E-state index is 13.6. The van der Waals surface area contributed by atoms with E-state index in [-0.39, 0.29) is 11.4 Å². The molecule has 0 heterocycles. The minimum absolute atomic E-state index is 0.130. The highest BCUT2D eigenvalue weighted by atomic mass is 19.1. The lowest BCUT2D eigenvalue weighted by atomic mass is 10.1. The van der Waals surface area contributed by atoms with E-state index in [4.69, 9.17) is 10.8 Å². The molecule has 2 aromatic carbocycles. The van der Waals surface area contributed by atoms with Crippen LogP contribution in [-0.2, 0) is 6.54 Å². The Balaban J connectivity index is 2.23. The van der Waals surface area contributed by atoms with Crippen LogP contribution in [0.4, 0.5) is 15.8 Å². The Labute approximate surface area is 116 Å². The predicted molar refractivity (Wildman–Crippen MR) is 76.3 cm³/mol. The molecule has 5 heteroatoms. The third-order valence-corrected chi connectivity index (χ3v) is 3.05. The van der Waals surface area contributed by atoms with Gasteiger partial charge in [0.05, 0.1) is 16.9 Å². The summed E-state index contributed by atoms with van der Waals surface area (Å²) in [6, 6.07) is 11.0. The van der Waals surface area contributed by atoms with Gasteiger partial charge in [0.1, 0.15) is 5.82 Å². The largest absolute Gasteiger partial charge is 0.478 e. The van der Waals surface area contributed by atoms with Crippen LogP contribution >= 0.6 is 0 Å². The van der Waals surface area contributed by atoms with E-state index in [1.807, 2.05) is 0 Å². The van der Waals surface area contributed by atoms with Crippen LogP contribution in [0.2, 0.25) is 0 Å². The number of nitrogen functional groups attached to an aromatic ring is 1. The Kier molecular flexibility index (Phi) is 3.89. The van der Waals surface area contributed by atoms with E-state index in [9.17, 15) is 9.18 Å². The number of hydrogen-bond donors (Lipinski definition) is 2. The lowest BCUT2D eigenvalue weighted by Gasteiger charge is -2.21.